The first kappa shape index (κ1) is 17.5. The number of hydrogen-bond acceptors (Lipinski definition) is 5. The molecule has 7 nitrogen and oxygen atoms in total. The lowest BCUT2D eigenvalue weighted by atomic mass is 10.2. The Morgan fingerprint density at radius 3 is 2.67 bits per heavy atom. The lowest BCUT2D eigenvalue weighted by Crippen LogP contribution is -2.28. The number of nitrogens with zero attached hydrogens (tertiary/aromatic N) is 2. The van der Waals surface area contributed by atoms with Crippen LogP contribution >= 0.6 is 0 Å². The molecule has 2 aromatic carbocycles. The van der Waals surface area contributed by atoms with E-state index in [1.54, 1.807) is 4.90 Å². The van der Waals surface area contributed by atoms with Crippen molar-refractivity contribution in [2.45, 2.75) is 17.7 Å². The summed E-state index contributed by atoms with van der Waals surface area (Å²) in [6, 6.07) is 9.29. The van der Waals surface area contributed by atoms with Crippen molar-refractivity contribution in [2.75, 3.05) is 17.8 Å². The average molecular weight is 389 g/mol. The SMILES string of the molecule is O=C(c1noc2ccc(S(=O)(=O)Nc3cccc(F)c3)cc12)N1CCCC1. The first-order valence-electron chi connectivity index (χ1n) is 8.41. The van der Waals surface area contributed by atoms with Crippen LogP contribution in [-0.2, 0) is 10.0 Å². The Hall–Kier alpha value is -2.94. The van der Waals surface area contributed by atoms with Gasteiger partial charge in [-0.3, -0.25) is 9.52 Å². The maximum absolute atomic E-state index is 13.3. The zero-order valence-corrected chi connectivity index (χ0v) is 15.0. The quantitative estimate of drug-likeness (QED) is 0.740. The first-order chi connectivity index (χ1) is 12.9. The molecule has 0 atom stereocenters. The molecular weight excluding hydrogens is 373 g/mol. The molecule has 4 rings (SSSR count). The van der Waals surface area contributed by atoms with Gasteiger partial charge in [0.2, 0.25) is 0 Å². The van der Waals surface area contributed by atoms with E-state index < -0.39 is 15.8 Å². The second-order valence-electron chi connectivity index (χ2n) is 6.30. The van der Waals surface area contributed by atoms with Crippen LogP contribution in [0.1, 0.15) is 23.3 Å². The monoisotopic (exact) mass is 389 g/mol. The second-order valence-corrected chi connectivity index (χ2v) is 7.99. The molecule has 27 heavy (non-hydrogen) atoms. The number of likely N-dealkylation sites (tertiary alicyclic amines) is 1. The van der Waals surface area contributed by atoms with Crippen LogP contribution in [-0.4, -0.2) is 37.5 Å². The van der Waals surface area contributed by atoms with Crippen molar-refractivity contribution >= 4 is 32.6 Å². The number of sulfonamides is 1. The molecule has 3 aromatic rings. The predicted molar refractivity (Wildman–Crippen MR) is 96.4 cm³/mol. The van der Waals surface area contributed by atoms with Gasteiger partial charge in [0, 0.05) is 13.1 Å². The molecule has 0 unspecified atom stereocenters. The number of hydrogen-bond donors (Lipinski definition) is 1. The number of nitrogens with one attached hydrogen (secondary N) is 1. The molecule has 9 heteroatoms. The van der Waals surface area contributed by atoms with Crippen molar-refractivity contribution in [1.82, 2.24) is 10.1 Å². The van der Waals surface area contributed by atoms with Gasteiger partial charge >= 0.3 is 0 Å². The summed E-state index contributed by atoms with van der Waals surface area (Å²) in [7, 11) is -3.97. The number of amides is 1. The fourth-order valence-electron chi connectivity index (χ4n) is 3.08. The number of benzene rings is 2. The van der Waals surface area contributed by atoms with Gasteiger partial charge in [-0.1, -0.05) is 11.2 Å². The summed E-state index contributed by atoms with van der Waals surface area (Å²) in [5, 5.41) is 4.16. The van der Waals surface area contributed by atoms with Gasteiger partial charge in [0.05, 0.1) is 16.0 Å². The lowest BCUT2D eigenvalue weighted by molar-refractivity contribution is 0.0784. The molecule has 0 spiro atoms. The molecule has 0 aliphatic carbocycles. The molecule has 1 fully saturated rings. The molecule has 0 bridgehead atoms. The average Bonchev–Trinajstić information content (AvgIpc) is 3.30. The third-order valence-corrected chi connectivity index (χ3v) is 5.80. The van der Waals surface area contributed by atoms with Crippen molar-refractivity contribution in [3.8, 4) is 0 Å². The van der Waals surface area contributed by atoms with E-state index >= 15 is 0 Å². The number of carbonyl (C=O) groups excluding carboxylic acids is 1. The van der Waals surface area contributed by atoms with Gasteiger partial charge in [-0.05, 0) is 49.2 Å². The van der Waals surface area contributed by atoms with Gasteiger partial charge < -0.3 is 9.42 Å². The molecule has 2 heterocycles. The molecule has 1 N–H and O–H groups in total. The number of fused-ring (bicyclic) bond motifs is 1. The Balaban J connectivity index is 1.70. The Morgan fingerprint density at radius 2 is 1.93 bits per heavy atom. The van der Waals surface area contributed by atoms with Crippen LogP contribution in [0, 0.1) is 5.82 Å². The predicted octanol–water partition coefficient (Wildman–Crippen LogP) is 3.00. The van der Waals surface area contributed by atoms with Crippen LogP contribution in [0.3, 0.4) is 0 Å². The third-order valence-electron chi connectivity index (χ3n) is 4.42. The Labute approximate surface area is 154 Å². The van der Waals surface area contributed by atoms with Gasteiger partial charge in [0.25, 0.3) is 15.9 Å². The molecule has 1 saturated heterocycles. The summed E-state index contributed by atoms with van der Waals surface area (Å²) in [6.45, 7) is 1.29. The maximum atomic E-state index is 13.3. The number of carbonyl (C=O) groups is 1. The van der Waals surface area contributed by atoms with Gasteiger partial charge in [-0.25, -0.2) is 12.8 Å². The van der Waals surface area contributed by atoms with Gasteiger partial charge in [-0.2, -0.15) is 0 Å². The summed E-state index contributed by atoms with van der Waals surface area (Å²) in [5.41, 5.74) is 0.519. The van der Waals surface area contributed by atoms with Gasteiger partial charge in [0.15, 0.2) is 11.3 Å². The minimum absolute atomic E-state index is 0.0714. The number of aromatic nitrogens is 1. The van der Waals surface area contributed by atoms with Crippen LogP contribution < -0.4 is 4.72 Å². The second kappa shape index (κ2) is 6.66. The van der Waals surface area contributed by atoms with Crippen LogP contribution in [0.5, 0.6) is 0 Å². The number of anilines is 1. The highest BCUT2D eigenvalue weighted by atomic mass is 32.2. The highest BCUT2D eigenvalue weighted by Gasteiger charge is 2.26. The first-order valence-corrected chi connectivity index (χ1v) is 9.89. The van der Waals surface area contributed by atoms with Crippen LogP contribution in [0.4, 0.5) is 10.1 Å². The summed E-state index contributed by atoms with van der Waals surface area (Å²) in [6.07, 6.45) is 1.86. The molecule has 140 valence electrons. The standard InChI is InChI=1S/C18H16FN3O4S/c19-12-4-3-5-13(10-12)21-27(24,25)14-6-7-16-15(11-14)17(20-26-16)18(23)22-8-1-2-9-22/h3-7,10-11,21H,1-2,8-9H2. The smallest absolute Gasteiger partial charge is 0.276 e. The number of rotatable bonds is 4. The molecule has 0 radical (unpaired) electrons. The van der Waals surface area contributed by atoms with E-state index in [-0.39, 0.29) is 22.2 Å². The van der Waals surface area contributed by atoms with E-state index in [2.05, 4.69) is 9.88 Å². The molecule has 0 saturated carbocycles. The van der Waals surface area contributed by atoms with Crippen LogP contribution in [0.25, 0.3) is 11.0 Å². The third kappa shape index (κ3) is 3.37. The van der Waals surface area contributed by atoms with E-state index in [9.17, 15) is 17.6 Å². The van der Waals surface area contributed by atoms with Crippen LogP contribution in [0.15, 0.2) is 51.9 Å². The molecule has 1 amide bonds. The summed E-state index contributed by atoms with van der Waals surface area (Å²) in [5.74, 6) is -0.831. The molecule has 1 aromatic heterocycles. The highest BCUT2D eigenvalue weighted by Crippen LogP contribution is 2.26. The Kier molecular flexibility index (Phi) is 4.31. The van der Waals surface area contributed by atoms with Gasteiger partial charge in [-0.15, -0.1) is 0 Å². The summed E-state index contributed by atoms with van der Waals surface area (Å²) < 4.78 is 46.1. The van der Waals surface area contributed by atoms with Crippen LogP contribution in [0.2, 0.25) is 0 Å². The van der Waals surface area contributed by atoms with Crippen molar-refractivity contribution in [3.63, 3.8) is 0 Å². The fourth-order valence-corrected chi connectivity index (χ4v) is 4.15. The Morgan fingerprint density at radius 1 is 1.15 bits per heavy atom. The van der Waals surface area contributed by atoms with Crippen molar-refractivity contribution in [1.29, 1.82) is 0 Å². The lowest BCUT2D eigenvalue weighted by Gasteiger charge is -2.13. The van der Waals surface area contributed by atoms with E-state index in [1.165, 1.54) is 36.4 Å². The fraction of sp³-hybridized carbons (Fsp3) is 0.222. The zero-order chi connectivity index (χ0) is 19.0. The minimum atomic E-state index is -3.97. The maximum Gasteiger partial charge on any atom is 0.276 e. The van der Waals surface area contributed by atoms with Crippen molar-refractivity contribution in [2.24, 2.45) is 0 Å². The molecule has 1 aliphatic rings. The van der Waals surface area contributed by atoms with Crippen molar-refractivity contribution in [3.05, 3.63) is 54.0 Å². The summed E-state index contributed by atoms with van der Waals surface area (Å²) in [4.78, 5) is 14.2. The molecule has 1 aliphatic heterocycles. The normalized spacial score (nSPS) is 14.6. The highest BCUT2D eigenvalue weighted by molar-refractivity contribution is 7.92. The molecular formula is C18H16FN3O4S. The minimum Gasteiger partial charge on any atom is -0.355 e. The Bertz CT molecular complexity index is 1120. The van der Waals surface area contributed by atoms with Crippen molar-refractivity contribution < 1.29 is 22.1 Å². The largest absolute Gasteiger partial charge is 0.355 e. The van der Waals surface area contributed by atoms with Gasteiger partial charge in [0.1, 0.15) is 5.82 Å². The zero-order valence-electron chi connectivity index (χ0n) is 14.2. The van der Waals surface area contributed by atoms with E-state index in [0.717, 1.165) is 18.9 Å². The number of halogens is 1. The van der Waals surface area contributed by atoms with E-state index in [4.69, 9.17) is 4.52 Å². The van der Waals surface area contributed by atoms with E-state index in [0.29, 0.717) is 24.1 Å². The summed E-state index contributed by atoms with van der Waals surface area (Å²) >= 11 is 0. The van der Waals surface area contributed by atoms with E-state index in [1.807, 2.05) is 0 Å². The topological polar surface area (TPSA) is 92.5 Å².